The first-order valence-corrected chi connectivity index (χ1v) is 11.1. The minimum atomic E-state index is -3.88. The minimum Gasteiger partial charge on any atom is -0.340 e. The zero-order chi connectivity index (χ0) is 22.7. The highest BCUT2D eigenvalue weighted by molar-refractivity contribution is 7.89. The van der Waals surface area contributed by atoms with Crippen LogP contribution in [0.15, 0.2) is 59.8 Å². The number of nitro benzene ring substituents is 1. The predicted molar refractivity (Wildman–Crippen MR) is 111 cm³/mol. The highest BCUT2D eigenvalue weighted by atomic mass is 32.2. The Kier molecular flexibility index (Phi) is 5.92. The Hall–Kier alpha value is -3.71. The van der Waals surface area contributed by atoms with E-state index in [0.29, 0.717) is 0 Å². The number of nitro groups is 1. The fourth-order valence-corrected chi connectivity index (χ4v) is 4.88. The largest absolute Gasteiger partial charge is 0.340 e. The van der Waals surface area contributed by atoms with Crippen LogP contribution < -0.4 is 0 Å². The Bertz CT molecular complexity index is 1220. The zero-order valence-corrected chi connectivity index (χ0v) is 17.6. The molecule has 2 aromatic carbocycles. The molecule has 166 valence electrons. The van der Waals surface area contributed by atoms with Gasteiger partial charge < -0.3 is 4.90 Å². The molecular formula is C19H19N7O5S. The van der Waals surface area contributed by atoms with Crippen LogP contribution in [0.3, 0.4) is 0 Å². The number of nitrogens with zero attached hydrogens (tertiary/aromatic N) is 7. The molecule has 1 fully saturated rings. The topological polar surface area (TPSA) is 144 Å². The smallest absolute Gasteiger partial charge is 0.270 e. The van der Waals surface area contributed by atoms with Crippen molar-refractivity contribution in [1.29, 1.82) is 0 Å². The van der Waals surface area contributed by atoms with Gasteiger partial charge in [-0.2, -0.15) is 4.31 Å². The molecule has 32 heavy (non-hydrogen) atoms. The third kappa shape index (κ3) is 4.48. The minimum absolute atomic E-state index is 0.104. The number of piperazine rings is 1. The van der Waals surface area contributed by atoms with Crippen molar-refractivity contribution in [2.75, 3.05) is 26.2 Å². The van der Waals surface area contributed by atoms with Crippen LogP contribution in [-0.2, 0) is 21.2 Å². The van der Waals surface area contributed by atoms with Gasteiger partial charge in [0.2, 0.25) is 15.9 Å². The molecule has 0 N–H and O–H groups in total. The molecular weight excluding hydrogens is 438 g/mol. The Morgan fingerprint density at radius 1 is 1.06 bits per heavy atom. The Morgan fingerprint density at radius 3 is 2.41 bits per heavy atom. The van der Waals surface area contributed by atoms with Gasteiger partial charge in [0.15, 0.2) is 0 Å². The van der Waals surface area contributed by atoms with Gasteiger partial charge in [-0.25, -0.2) is 13.1 Å². The molecule has 1 saturated heterocycles. The summed E-state index contributed by atoms with van der Waals surface area (Å²) >= 11 is 0. The maximum Gasteiger partial charge on any atom is 0.270 e. The number of aromatic nitrogens is 4. The van der Waals surface area contributed by atoms with Gasteiger partial charge in [0.25, 0.3) is 5.69 Å². The van der Waals surface area contributed by atoms with Gasteiger partial charge in [0, 0.05) is 38.3 Å². The maximum atomic E-state index is 12.8. The van der Waals surface area contributed by atoms with E-state index in [-0.39, 0.29) is 49.1 Å². The number of carbonyl (C=O) groups excluding carboxylic acids is 1. The van der Waals surface area contributed by atoms with Crippen LogP contribution in [0.2, 0.25) is 0 Å². The molecule has 13 heteroatoms. The Morgan fingerprint density at radius 2 is 1.78 bits per heavy atom. The van der Waals surface area contributed by atoms with Crippen molar-refractivity contribution >= 4 is 21.6 Å². The summed E-state index contributed by atoms with van der Waals surface area (Å²) in [6, 6.07) is 12.2. The molecule has 0 unspecified atom stereocenters. The molecule has 0 atom stereocenters. The normalized spacial score (nSPS) is 14.9. The van der Waals surface area contributed by atoms with Gasteiger partial charge in [-0.05, 0) is 34.2 Å². The lowest BCUT2D eigenvalue weighted by Gasteiger charge is -2.34. The zero-order valence-electron chi connectivity index (χ0n) is 16.8. The molecule has 0 aliphatic carbocycles. The lowest BCUT2D eigenvalue weighted by Crippen LogP contribution is -2.50. The maximum absolute atomic E-state index is 12.8. The van der Waals surface area contributed by atoms with Crippen molar-refractivity contribution in [1.82, 2.24) is 29.4 Å². The second kappa shape index (κ2) is 8.80. The second-order valence-electron chi connectivity index (χ2n) is 7.14. The highest BCUT2D eigenvalue weighted by Gasteiger charge is 2.30. The summed E-state index contributed by atoms with van der Waals surface area (Å²) < 4.78 is 28.4. The average Bonchev–Trinajstić information content (AvgIpc) is 3.35. The summed E-state index contributed by atoms with van der Waals surface area (Å²) in [6.07, 6.45) is 1.66. The number of amides is 1. The van der Waals surface area contributed by atoms with E-state index in [2.05, 4.69) is 15.5 Å². The lowest BCUT2D eigenvalue weighted by atomic mass is 10.1. The predicted octanol–water partition coefficient (Wildman–Crippen LogP) is 0.646. The van der Waals surface area contributed by atoms with Crippen LogP contribution >= 0.6 is 0 Å². The third-order valence-electron chi connectivity index (χ3n) is 5.16. The van der Waals surface area contributed by atoms with Gasteiger partial charge in [0.1, 0.15) is 6.33 Å². The molecule has 0 bridgehead atoms. The van der Waals surface area contributed by atoms with Gasteiger partial charge >= 0.3 is 0 Å². The van der Waals surface area contributed by atoms with Crippen LogP contribution in [0.25, 0.3) is 5.69 Å². The van der Waals surface area contributed by atoms with Gasteiger partial charge in [-0.3, -0.25) is 14.9 Å². The Labute approximate surface area is 183 Å². The molecule has 0 radical (unpaired) electrons. The number of tetrazole rings is 1. The van der Waals surface area contributed by atoms with Gasteiger partial charge in [-0.15, -0.1) is 5.10 Å². The molecule has 1 aliphatic heterocycles. The number of hydrogen-bond donors (Lipinski definition) is 0. The van der Waals surface area contributed by atoms with Gasteiger partial charge in [0.05, 0.1) is 21.9 Å². The number of sulfonamides is 1. The van der Waals surface area contributed by atoms with E-state index in [1.807, 2.05) is 24.3 Å². The number of rotatable bonds is 6. The molecule has 2 heterocycles. The number of non-ortho nitro benzene ring substituents is 1. The van der Waals surface area contributed by atoms with E-state index in [1.54, 1.807) is 4.90 Å². The van der Waals surface area contributed by atoms with E-state index in [4.69, 9.17) is 0 Å². The first-order valence-electron chi connectivity index (χ1n) is 9.69. The van der Waals surface area contributed by atoms with Crippen molar-refractivity contribution < 1.29 is 18.1 Å². The van der Waals surface area contributed by atoms with E-state index in [1.165, 1.54) is 33.5 Å². The van der Waals surface area contributed by atoms with E-state index in [9.17, 15) is 23.3 Å². The summed E-state index contributed by atoms with van der Waals surface area (Å²) in [5.74, 6) is -0.104. The fourth-order valence-electron chi connectivity index (χ4n) is 3.42. The van der Waals surface area contributed by atoms with E-state index < -0.39 is 14.9 Å². The van der Waals surface area contributed by atoms with Crippen molar-refractivity contribution in [3.8, 4) is 5.69 Å². The first kappa shape index (κ1) is 21.5. The summed E-state index contributed by atoms with van der Waals surface area (Å²) in [6.45, 7) is 0.732. The average molecular weight is 457 g/mol. The second-order valence-corrected chi connectivity index (χ2v) is 9.07. The van der Waals surface area contributed by atoms with Crippen molar-refractivity contribution in [2.45, 2.75) is 11.3 Å². The summed E-state index contributed by atoms with van der Waals surface area (Å²) in [5, 5.41) is 21.9. The first-order chi connectivity index (χ1) is 15.3. The highest BCUT2D eigenvalue weighted by Crippen LogP contribution is 2.22. The molecule has 4 rings (SSSR count). The van der Waals surface area contributed by atoms with Crippen molar-refractivity contribution in [3.63, 3.8) is 0 Å². The molecule has 0 spiro atoms. The molecule has 12 nitrogen and oxygen atoms in total. The molecule has 1 amide bonds. The SMILES string of the molecule is O=C(Cc1ccc(-n2cnnn2)cc1)N1CCN(S(=O)(=O)c2cccc([N+](=O)[O-])c2)CC1. The fraction of sp³-hybridized carbons (Fsp3) is 0.263. The van der Waals surface area contributed by atoms with E-state index >= 15 is 0 Å². The van der Waals surface area contributed by atoms with Crippen LogP contribution in [0.1, 0.15) is 5.56 Å². The van der Waals surface area contributed by atoms with Gasteiger partial charge in [-0.1, -0.05) is 18.2 Å². The van der Waals surface area contributed by atoms with Crippen LogP contribution in [-0.4, -0.2) is 74.8 Å². The van der Waals surface area contributed by atoms with E-state index in [0.717, 1.165) is 17.3 Å². The number of carbonyl (C=O) groups is 1. The quantitative estimate of drug-likeness (QED) is 0.387. The third-order valence-corrected chi connectivity index (χ3v) is 7.06. The van der Waals surface area contributed by atoms with Crippen molar-refractivity contribution in [2.24, 2.45) is 0 Å². The van der Waals surface area contributed by atoms with Crippen LogP contribution in [0.4, 0.5) is 5.69 Å². The standard InChI is InChI=1S/C19H19N7O5S/c27-19(12-15-4-6-16(7-5-15)25-14-20-21-22-25)23-8-10-24(11-9-23)32(30,31)18-3-1-2-17(13-18)26(28)29/h1-7,13-14H,8-12H2. The Balaban J connectivity index is 1.36. The van der Waals surface area contributed by atoms with Crippen LogP contribution in [0, 0.1) is 10.1 Å². The summed E-state index contributed by atoms with van der Waals surface area (Å²) in [4.78, 5) is 24.5. The molecule has 0 saturated carbocycles. The van der Waals surface area contributed by atoms with Crippen LogP contribution in [0.5, 0.6) is 0 Å². The molecule has 3 aromatic rings. The lowest BCUT2D eigenvalue weighted by molar-refractivity contribution is -0.385. The summed E-state index contributed by atoms with van der Waals surface area (Å²) in [5.41, 5.74) is 1.30. The monoisotopic (exact) mass is 457 g/mol. The number of hydrogen-bond acceptors (Lipinski definition) is 8. The van der Waals surface area contributed by atoms with Crippen molar-refractivity contribution in [3.05, 3.63) is 70.5 Å². The molecule has 1 aromatic heterocycles. The number of benzene rings is 2. The summed E-state index contributed by atoms with van der Waals surface area (Å²) in [7, 11) is -3.88. The molecule has 1 aliphatic rings.